The molecule has 2 aliphatic rings. The molecule has 0 saturated heterocycles. The zero-order valence-electron chi connectivity index (χ0n) is 16.0. The molecular weight excluding hydrogens is 348 g/mol. The number of ether oxygens (including phenoxy) is 1. The van der Waals surface area contributed by atoms with Crippen LogP contribution in [-0.2, 0) is 24.1 Å². The Bertz CT molecular complexity index is 577. The first-order valence-corrected chi connectivity index (χ1v) is 10.7. The van der Waals surface area contributed by atoms with Crippen molar-refractivity contribution in [2.24, 2.45) is 10.9 Å². The highest BCUT2D eigenvalue weighted by molar-refractivity contribution is 7.11. The third-order valence-corrected chi connectivity index (χ3v) is 5.91. The zero-order valence-corrected chi connectivity index (χ0v) is 16.9. The Morgan fingerprint density at radius 1 is 1.42 bits per heavy atom. The molecule has 1 atom stereocenters. The van der Waals surface area contributed by atoms with Gasteiger partial charge in [-0.2, -0.15) is 0 Å². The van der Waals surface area contributed by atoms with E-state index in [-0.39, 0.29) is 0 Å². The van der Waals surface area contributed by atoms with Crippen molar-refractivity contribution in [2.75, 3.05) is 33.4 Å². The van der Waals surface area contributed by atoms with E-state index in [0.29, 0.717) is 13.2 Å². The molecule has 0 aliphatic heterocycles. The summed E-state index contributed by atoms with van der Waals surface area (Å²) in [6, 6.07) is 0. The lowest BCUT2D eigenvalue weighted by molar-refractivity contribution is 0.0367. The average Bonchev–Trinajstić information content (AvgIpc) is 3.36. The van der Waals surface area contributed by atoms with E-state index in [1.165, 1.54) is 42.7 Å². The fourth-order valence-corrected chi connectivity index (χ4v) is 4.33. The molecule has 2 N–H and O–H groups in total. The van der Waals surface area contributed by atoms with Gasteiger partial charge in [-0.05, 0) is 51.4 Å². The van der Waals surface area contributed by atoms with Crippen LogP contribution < -0.4 is 5.32 Å². The highest BCUT2D eigenvalue weighted by Gasteiger charge is 2.21. The summed E-state index contributed by atoms with van der Waals surface area (Å²) in [6.45, 7) is 5.09. The molecular formula is C19H32N4O2S. The minimum absolute atomic E-state index is 0.353. The van der Waals surface area contributed by atoms with Gasteiger partial charge in [-0.25, -0.2) is 4.98 Å². The Labute approximate surface area is 160 Å². The summed E-state index contributed by atoms with van der Waals surface area (Å²) in [5.74, 6) is 1.53. The van der Waals surface area contributed by atoms with Crippen LogP contribution in [0.15, 0.2) is 4.99 Å². The summed E-state index contributed by atoms with van der Waals surface area (Å²) >= 11 is 1.84. The van der Waals surface area contributed by atoms with Crippen LogP contribution in [0.25, 0.3) is 0 Å². The number of guanidine groups is 1. The van der Waals surface area contributed by atoms with Crippen molar-refractivity contribution in [1.29, 1.82) is 0 Å². The van der Waals surface area contributed by atoms with Gasteiger partial charge in [-0.1, -0.05) is 0 Å². The van der Waals surface area contributed by atoms with Crippen molar-refractivity contribution in [3.63, 3.8) is 0 Å². The number of hydrogen-bond donors (Lipinski definition) is 2. The van der Waals surface area contributed by atoms with Crippen LogP contribution in [0.4, 0.5) is 0 Å². The van der Waals surface area contributed by atoms with E-state index >= 15 is 0 Å². The third-order valence-electron chi connectivity index (χ3n) is 4.77. The van der Waals surface area contributed by atoms with E-state index in [9.17, 15) is 5.11 Å². The first-order chi connectivity index (χ1) is 12.7. The van der Waals surface area contributed by atoms with E-state index in [2.05, 4.69) is 22.1 Å². The molecule has 0 aromatic carbocycles. The van der Waals surface area contributed by atoms with Crippen LogP contribution in [0.5, 0.6) is 0 Å². The molecule has 1 heterocycles. The number of rotatable bonds is 9. The number of nitrogens with zero attached hydrogens (tertiary/aromatic N) is 3. The molecule has 146 valence electrons. The number of fused-ring (bicyclic) bond motifs is 1. The molecule has 7 heteroatoms. The SMILES string of the molecule is CCNC(=NCC(O)COCC1CC1)N(C)Cc1nc2c(s1)CCCC2. The van der Waals surface area contributed by atoms with Crippen molar-refractivity contribution in [2.45, 2.75) is 58.1 Å². The van der Waals surface area contributed by atoms with Crippen LogP contribution >= 0.6 is 11.3 Å². The standard InChI is InChI=1S/C19H32N4O2S/c1-3-20-19(21-10-15(24)13-25-12-14-8-9-14)23(2)11-18-22-16-6-4-5-7-17(16)26-18/h14-15,24H,3-13H2,1-2H3,(H,20,21). The van der Waals surface area contributed by atoms with Crippen LogP contribution in [0, 0.1) is 5.92 Å². The Morgan fingerprint density at radius 3 is 2.96 bits per heavy atom. The molecule has 0 amide bonds. The quantitative estimate of drug-likeness (QED) is 0.508. The minimum Gasteiger partial charge on any atom is -0.389 e. The Balaban J connectivity index is 1.50. The van der Waals surface area contributed by atoms with Crippen molar-refractivity contribution >= 4 is 17.3 Å². The number of aliphatic imine (C=N–C) groups is 1. The summed E-state index contributed by atoms with van der Waals surface area (Å²) in [4.78, 5) is 13.0. The van der Waals surface area contributed by atoms with Gasteiger partial charge >= 0.3 is 0 Å². The number of thiazole rings is 1. The second-order valence-corrected chi connectivity index (χ2v) is 8.54. The fraction of sp³-hybridized carbons (Fsp3) is 0.789. The van der Waals surface area contributed by atoms with Crippen molar-refractivity contribution < 1.29 is 9.84 Å². The lowest BCUT2D eigenvalue weighted by atomic mass is 10.0. The van der Waals surface area contributed by atoms with Gasteiger partial charge in [0.15, 0.2) is 5.96 Å². The van der Waals surface area contributed by atoms with E-state index < -0.39 is 6.10 Å². The Hall–Kier alpha value is -1.18. The van der Waals surface area contributed by atoms with Crippen LogP contribution in [0.2, 0.25) is 0 Å². The number of hydrogen-bond acceptors (Lipinski definition) is 5. The molecule has 1 aromatic rings. The number of aliphatic hydroxyl groups is 1. The summed E-state index contributed by atoms with van der Waals surface area (Å²) in [7, 11) is 2.03. The van der Waals surface area contributed by atoms with Gasteiger partial charge in [-0.15, -0.1) is 11.3 Å². The van der Waals surface area contributed by atoms with Crippen LogP contribution in [-0.4, -0.2) is 60.4 Å². The largest absolute Gasteiger partial charge is 0.389 e. The predicted molar refractivity (Wildman–Crippen MR) is 106 cm³/mol. The monoisotopic (exact) mass is 380 g/mol. The summed E-state index contributed by atoms with van der Waals surface area (Å²) in [5.41, 5.74) is 1.30. The Kier molecular flexibility index (Phi) is 7.28. The average molecular weight is 381 g/mol. The first kappa shape index (κ1) is 19.6. The topological polar surface area (TPSA) is 70.0 Å². The molecule has 1 unspecified atom stereocenters. The molecule has 0 radical (unpaired) electrons. The zero-order chi connectivity index (χ0) is 18.4. The maximum atomic E-state index is 10.1. The highest BCUT2D eigenvalue weighted by atomic mass is 32.1. The third kappa shape index (κ3) is 5.93. The van der Waals surface area contributed by atoms with E-state index in [0.717, 1.165) is 43.0 Å². The van der Waals surface area contributed by atoms with E-state index in [1.54, 1.807) is 0 Å². The van der Waals surface area contributed by atoms with Crippen molar-refractivity contribution in [3.05, 3.63) is 15.6 Å². The normalized spacial score (nSPS) is 18.5. The van der Waals surface area contributed by atoms with Crippen LogP contribution in [0.1, 0.15) is 48.2 Å². The number of aromatic nitrogens is 1. The minimum atomic E-state index is -0.553. The number of aryl methyl sites for hydroxylation is 2. The number of aliphatic hydroxyl groups excluding tert-OH is 1. The molecule has 3 rings (SSSR count). The van der Waals surface area contributed by atoms with Crippen LogP contribution in [0.3, 0.4) is 0 Å². The van der Waals surface area contributed by atoms with Gasteiger partial charge in [-0.3, -0.25) is 4.99 Å². The first-order valence-electron chi connectivity index (χ1n) is 9.88. The number of nitrogens with one attached hydrogen (secondary N) is 1. The second kappa shape index (κ2) is 9.67. The molecule has 26 heavy (non-hydrogen) atoms. The maximum Gasteiger partial charge on any atom is 0.194 e. The van der Waals surface area contributed by atoms with Gasteiger partial charge in [0.2, 0.25) is 0 Å². The maximum absolute atomic E-state index is 10.1. The highest BCUT2D eigenvalue weighted by Crippen LogP contribution is 2.29. The van der Waals surface area contributed by atoms with E-state index in [4.69, 9.17) is 9.72 Å². The van der Waals surface area contributed by atoms with Crippen molar-refractivity contribution in [1.82, 2.24) is 15.2 Å². The fourth-order valence-electron chi connectivity index (χ4n) is 3.12. The smallest absolute Gasteiger partial charge is 0.194 e. The summed E-state index contributed by atoms with van der Waals surface area (Å²) in [6.07, 6.45) is 6.83. The summed E-state index contributed by atoms with van der Waals surface area (Å²) < 4.78 is 5.55. The lowest BCUT2D eigenvalue weighted by Gasteiger charge is -2.21. The molecule has 0 bridgehead atoms. The van der Waals surface area contributed by atoms with Gasteiger partial charge in [0, 0.05) is 25.1 Å². The molecule has 0 spiro atoms. The molecule has 6 nitrogen and oxygen atoms in total. The van der Waals surface area contributed by atoms with Gasteiger partial charge in [0.1, 0.15) is 5.01 Å². The second-order valence-electron chi connectivity index (χ2n) is 7.37. The van der Waals surface area contributed by atoms with Gasteiger partial charge < -0.3 is 20.1 Å². The van der Waals surface area contributed by atoms with E-state index in [1.807, 2.05) is 18.4 Å². The lowest BCUT2D eigenvalue weighted by Crippen LogP contribution is -2.39. The molecule has 1 aromatic heterocycles. The summed E-state index contributed by atoms with van der Waals surface area (Å²) in [5, 5.41) is 14.5. The molecule has 1 saturated carbocycles. The predicted octanol–water partition coefficient (Wildman–Crippen LogP) is 2.21. The molecule has 2 aliphatic carbocycles. The van der Waals surface area contributed by atoms with Crippen molar-refractivity contribution in [3.8, 4) is 0 Å². The molecule has 1 fully saturated rings. The Morgan fingerprint density at radius 2 is 2.23 bits per heavy atom. The van der Waals surface area contributed by atoms with Gasteiger partial charge in [0.05, 0.1) is 31.5 Å². The van der Waals surface area contributed by atoms with Gasteiger partial charge in [0.25, 0.3) is 0 Å².